The zero-order valence-electron chi connectivity index (χ0n) is 8.62. The number of nitrogens with two attached hydrogens (primary N) is 2. The highest BCUT2D eigenvalue weighted by molar-refractivity contribution is 7.79. The molecule has 0 heterocycles. The lowest BCUT2D eigenvalue weighted by molar-refractivity contribution is 0.342. The van der Waals surface area contributed by atoms with Crippen molar-refractivity contribution in [1.29, 1.82) is 0 Å². The average molecular weight is 250 g/mol. The molecule has 0 aliphatic rings. The third-order valence-corrected chi connectivity index (χ3v) is 1.34. The van der Waals surface area contributed by atoms with Gasteiger partial charge in [0.25, 0.3) is 0 Å². The van der Waals surface area contributed by atoms with Crippen molar-refractivity contribution in [3.05, 3.63) is 18.2 Å². The Morgan fingerprint density at radius 1 is 1.31 bits per heavy atom. The summed E-state index contributed by atoms with van der Waals surface area (Å²) in [6.45, 7) is 2.51. The number of anilines is 2. The van der Waals surface area contributed by atoms with Gasteiger partial charge in [0, 0.05) is 11.8 Å². The van der Waals surface area contributed by atoms with Gasteiger partial charge in [-0.25, -0.2) is 0 Å². The summed E-state index contributed by atoms with van der Waals surface area (Å²) < 4.78 is 36.8. The molecule has 0 aliphatic heterocycles. The molecule has 1 rings (SSSR count). The molecule has 0 unspecified atom stereocenters. The number of nitrogen functional groups attached to an aromatic ring is 2. The Hall–Kier alpha value is -1.51. The van der Waals surface area contributed by atoms with Crippen molar-refractivity contribution in [3.63, 3.8) is 0 Å². The Kier molecular flexibility index (Phi) is 5.57. The van der Waals surface area contributed by atoms with Gasteiger partial charge in [-0.05, 0) is 19.1 Å². The normalized spacial score (nSPS) is 10.2. The Morgan fingerprint density at radius 3 is 2.25 bits per heavy atom. The van der Waals surface area contributed by atoms with E-state index in [1.165, 1.54) is 0 Å². The van der Waals surface area contributed by atoms with Gasteiger partial charge in [-0.15, -0.1) is 0 Å². The third-order valence-electron chi connectivity index (χ3n) is 1.34. The number of rotatable bonds is 2. The predicted molar refractivity (Wildman–Crippen MR) is 60.6 cm³/mol. The first-order valence-corrected chi connectivity index (χ1v) is 5.61. The molecule has 16 heavy (non-hydrogen) atoms. The molecule has 0 bridgehead atoms. The van der Waals surface area contributed by atoms with Gasteiger partial charge in [0.05, 0.1) is 12.3 Å². The van der Waals surface area contributed by atoms with E-state index in [0.717, 1.165) is 0 Å². The minimum absolute atomic E-state index is 0.605. The van der Waals surface area contributed by atoms with Crippen LogP contribution in [-0.4, -0.2) is 24.1 Å². The molecule has 92 valence electrons. The van der Waals surface area contributed by atoms with Crippen LogP contribution < -0.4 is 16.2 Å². The minimum Gasteiger partial charge on any atom is -0.492 e. The van der Waals surface area contributed by atoms with Gasteiger partial charge >= 0.3 is 10.4 Å². The van der Waals surface area contributed by atoms with E-state index >= 15 is 0 Å². The van der Waals surface area contributed by atoms with Gasteiger partial charge in [-0.1, -0.05) is 0 Å². The van der Waals surface area contributed by atoms with Gasteiger partial charge in [0.15, 0.2) is 0 Å². The monoisotopic (exact) mass is 250 g/mol. The van der Waals surface area contributed by atoms with E-state index in [0.29, 0.717) is 23.7 Å². The first-order valence-electron chi connectivity index (χ1n) is 4.21. The highest BCUT2D eigenvalue weighted by Crippen LogP contribution is 2.23. The van der Waals surface area contributed by atoms with Crippen molar-refractivity contribution in [1.82, 2.24) is 0 Å². The number of benzene rings is 1. The standard InChI is InChI=1S/C8H12N2O.H2O4S/c1-2-11-8-5-6(9)3-4-7(8)10;1-5(2,3)4/h3-5H,2,9-10H2,1H3;(H2,1,2,3,4). The van der Waals surface area contributed by atoms with Crippen LogP contribution >= 0.6 is 0 Å². The van der Waals surface area contributed by atoms with Crippen molar-refractivity contribution in [2.75, 3.05) is 18.1 Å². The van der Waals surface area contributed by atoms with Crippen LogP contribution in [0, 0.1) is 0 Å². The van der Waals surface area contributed by atoms with Gasteiger partial charge < -0.3 is 16.2 Å². The summed E-state index contributed by atoms with van der Waals surface area (Å²) in [5.74, 6) is 0.660. The van der Waals surface area contributed by atoms with Crippen molar-refractivity contribution in [2.45, 2.75) is 6.92 Å². The van der Waals surface area contributed by atoms with Crippen LogP contribution in [0.25, 0.3) is 0 Å². The molecule has 0 atom stereocenters. The van der Waals surface area contributed by atoms with Gasteiger partial charge in [0.1, 0.15) is 5.75 Å². The van der Waals surface area contributed by atoms with E-state index in [1.807, 2.05) is 6.92 Å². The third kappa shape index (κ3) is 7.85. The second kappa shape index (κ2) is 6.16. The minimum atomic E-state index is -4.67. The fourth-order valence-electron chi connectivity index (χ4n) is 0.831. The van der Waals surface area contributed by atoms with Gasteiger partial charge in [-0.2, -0.15) is 8.42 Å². The molecule has 0 saturated carbocycles. The summed E-state index contributed by atoms with van der Waals surface area (Å²) in [4.78, 5) is 0. The van der Waals surface area contributed by atoms with E-state index in [9.17, 15) is 0 Å². The Bertz CT molecular complexity index is 424. The van der Waals surface area contributed by atoms with Gasteiger partial charge in [-0.3, -0.25) is 9.11 Å². The largest absolute Gasteiger partial charge is 0.492 e. The van der Waals surface area contributed by atoms with Crippen LogP contribution in [0.5, 0.6) is 5.75 Å². The number of hydrogen-bond acceptors (Lipinski definition) is 5. The number of ether oxygens (including phenoxy) is 1. The molecule has 0 amide bonds. The molecule has 0 spiro atoms. The lowest BCUT2D eigenvalue weighted by Crippen LogP contribution is -1.97. The molecular formula is C8H14N2O5S. The second-order valence-electron chi connectivity index (χ2n) is 2.68. The van der Waals surface area contributed by atoms with E-state index in [4.69, 9.17) is 33.7 Å². The summed E-state index contributed by atoms with van der Waals surface area (Å²) >= 11 is 0. The van der Waals surface area contributed by atoms with Crippen LogP contribution in [0.3, 0.4) is 0 Å². The highest BCUT2D eigenvalue weighted by atomic mass is 32.3. The molecular weight excluding hydrogens is 236 g/mol. The Labute approximate surface area is 93.6 Å². The summed E-state index contributed by atoms with van der Waals surface area (Å²) in [7, 11) is -4.67. The lowest BCUT2D eigenvalue weighted by atomic mass is 10.2. The summed E-state index contributed by atoms with van der Waals surface area (Å²) in [6.07, 6.45) is 0. The van der Waals surface area contributed by atoms with E-state index in [1.54, 1.807) is 18.2 Å². The SMILES string of the molecule is CCOc1cc(N)ccc1N.O=S(=O)(O)O. The molecule has 1 aromatic carbocycles. The molecule has 0 aromatic heterocycles. The Balaban J connectivity index is 0.000000385. The second-order valence-corrected chi connectivity index (χ2v) is 3.57. The maximum Gasteiger partial charge on any atom is 0.394 e. The van der Waals surface area contributed by atoms with Crippen molar-refractivity contribution in [2.24, 2.45) is 0 Å². The smallest absolute Gasteiger partial charge is 0.394 e. The van der Waals surface area contributed by atoms with Crippen molar-refractivity contribution >= 4 is 21.8 Å². The van der Waals surface area contributed by atoms with Gasteiger partial charge in [0.2, 0.25) is 0 Å². The van der Waals surface area contributed by atoms with E-state index < -0.39 is 10.4 Å². The van der Waals surface area contributed by atoms with Crippen LogP contribution in [-0.2, 0) is 10.4 Å². The first-order chi connectivity index (χ1) is 7.24. The van der Waals surface area contributed by atoms with Crippen LogP contribution in [0.4, 0.5) is 11.4 Å². The fraction of sp³-hybridized carbons (Fsp3) is 0.250. The quantitative estimate of drug-likeness (QED) is 0.445. The van der Waals surface area contributed by atoms with Crippen LogP contribution in [0.1, 0.15) is 6.92 Å². The summed E-state index contributed by atoms with van der Waals surface area (Å²) in [5, 5.41) is 0. The van der Waals surface area contributed by atoms with Crippen LogP contribution in [0.15, 0.2) is 18.2 Å². The highest BCUT2D eigenvalue weighted by Gasteiger charge is 1.97. The van der Waals surface area contributed by atoms with E-state index in [2.05, 4.69) is 0 Å². The molecule has 1 aromatic rings. The average Bonchev–Trinajstić information content (AvgIpc) is 2.09. The lowest BCUT2D eigenvalue weighted by Gasteiger charge is -2.06. The Morgan fingerprint density at radius 2 is 1.81 bits per heavy atom. The molecule has 7 nitrogen and oxygen atoms in total. The topological polar surface area (TPSA) is 136 Å². The molecule has 0 aliphatic carbocycles. The van der Waals surface area contributed by atoms with E-state index in [-0.39, 0.29) is 0 Å². The molecule has 0 saturated heterocycles. The zero-order valence-corrected chi connectivity index (χ0v) is 9.44. The zero-order chi connectivity index (χ0) is 12.8. The molecule has 8 heteroatoms. The summed E-state index contributed by atoms with van der Waals surface area (Å²) in [6, 6.07) is 5.21. The fourth-order valence-corrected chi connectivity index (χ4v) is 0.831. The summed E-state index contributed by atoms with van der Waals surface area (Å²) in [5.41, 5.74) is 12.4. The van der Waals surface area contributed by atoms with Crippen LogP contribution in [0.2, 0.25) is 0 Å². The van der Waals surface area contributed by atoms with Crippen molar-refractivity contribution in [3.8, 4) is 5.75 Å². The maximum atomic E-state index is 8.74. The number of hydrogen-bond donors (Lipinski definition) is 4. The molecule has 0 radical (unpaired) electrons. The maximum absolute atomic E-state index is 8.74. The first kappa shape index (κ1) is 14.5. The predicted octanol–water partition coefficient (Wildman–Crippen LogP) is 0.597. The molecule has 0 fully saturated rings. The molecule has 6 N–H and O–H groups in total. The van der Waals surface area contributed by atoms with Crippen molar-refractivity contribution < 1.29 is 22.3 Å².